The van der Waals surface area contributed by atoms with Gasteiger partial charge in [0.05, 0.1) is 0 Å². The molecule has 0 radical (unpaired) electrons. The highest BCUT2D eigenvalue weighted by atomic mass is 16.1. The largest absolute Gasteiger partial charge is 0.326 e. The molecular formula is C17H28N2O. The van der Waals surface area contributed by atoms with Gasteiger partial charge in [0, 0.05) is 24.7 Å². The summed E-state index contributed by atoms with van der Waals surface area (Å²) < 4.78 is 0. The van der Waals surface area contributed by atoms with Crippen molar-refractivity contribution >= 4 is 11.6 Å². The third-order valence-corrected chi connectivity index (χ3v) is 3.48. The molecule has 3 heteroatoms. The molecule has 1 rings (SSSR count). The fourth-order valence-electron chi connectivity index (χ4n) is 2.40. The van der Waals surface area contributed by atoms with E-state index in [2.05, 4.69) is 37.5 Å². The molecule has 0 aromatic heterocycles. The molecule has 1 aromatic rings. The van der Waals surface area contributed by atoms with Gasteiger partial charge in [-0.05, 0) is 38.0 Å². The van der Waals surface area contributed by atoms with Crippen LogP contribution in [-0.4, -0.2) is 11.9 Å². The van der Waals surface area contributed by atoms with Crippen LogP contribution in [0.1, 0.15) is 65.0 Å². The first-order chi connectivity index (χ1) is 9.52. The van der Waals surface area contributed by atoms with Gasteiger partial charge in [0.15, 0.2) is 0 Å². The van der Waals surface area contributed by atoms with Gasteiger partial charge in [-0.25, -0.2) is 0 Å². The van der Waals surface area contributed by atoms with Gasteiger partial charge in [-0.3, -0.25) is 4.79 Å². The summed E-state index contributed by atoms with van der Waals surface area (Å²) in [5.41, 5.74) is 2.07. The number of unbranched alkanes of at least 4 members (excludes halogenated alkanes) is 2. The monoisotopic (exact) mass is 276 g/mol. The van der Waals surface area contributed by atoms with E-state index in [-0.39, 0.29) is 5.91 Å². The Balaban J connectivity index is 2.53. The Bertz CT molecular complexity index is 417. The maximum Gasteiger partial charge on any atom is 0.221 e. The minimum absolute atomic E-state index is 0.0318. The molecule has 1 amide bonds. The Hall–Kier alpha value is -1.35. The molecule has 0 spiro atoms. The number of hydrogen-bond acceptors (Lipinski definition) is 2. The van der Waals surface area contributed by atoms with Crippen molar-refractivity contribution in [2.45, 2.75) is 65.5 Å². The smallest absolute Gasteiger partial charge is 0.221 e. The number of benzene rings is 1. The lowest BCUT2D eigenvalue weighted by Gasteiger charge is -2.21. The van der Waals surface area contributed by atoms with E-state index in [9.17, 15) is 4.79 Å². The number of carbonyl (C=O) groups is 1. The Kier molecular flexibility index (Phi) is 7.31. The number of rotatable bonds is 8. The van der Waals surface area contributed by atoms with E-state index in [4.69, 9.17) is 0 Å². The van der Waals surface area contributed by atoms with Gasteiger partial charge in [-0.1, -0.05) is 38.3 Å². The number of anilines is 1. The summed E-state index contributed by atoms with van der Waals surface area (Å²) >= 11 is 0. The van der Waals surface area contributed by atoms with Crippen molar-refractivity contribution in [2.24, 2.45) is 0 Å². The number of hydrogen-bond donors (Lipinski definition) is 2. The SMILES string of the molecule is CCCCCC(C)NC(C)c1cccc(NC(C)=O)c1. The van der Waals surface area contributed by atoms with Crippen LogP contribution in [0.15, 0.2) is 24.3 Å². The second-order valence-corrected chi connectivity index (χ2v) is 5.59. The minimum Gasteiger partial charge on any atom is -0.326 e. The Morgan fingerprint density at radius 1 is 1.25 bits per heavy atom. The molecule has 112 valence electrons. The number of nitrogens with one attached hydrogen (secondary N) is 2. The van der Waals surface area contributed by atoms with Gasteiger partial charge >= 0.3 is 0 Å². The lowest BCUT2D eigenvalue weighted by molar-refractivity contribution is -0.114. The van der Waals surface area contributed by atoms with Crippen molar-refractivity contribution in [2.75, 3.05) is 5.32 Å². The fraction of sp³-hybridized carbons (Fsp3) is 0.588. The number of amides is 1. The normalized spacial score (nSPS) is 13.8. The summed E-state index contributed by atoms with van der Waals surface area (Å²) in [6, 6.07) is 8.85. The van der Waals surface area contributed by atoms with Crippen LogP contribution < -0.4 is 10.6 Å². The van der Waals surface area contributed by atoms with Crippen molar-refractivity contribution in [1.82, 2.24) is 5.32 Å². The minimum atomic E-state index is -0.0318. The standard InChI is InChI=1S/C17H28N2O/c1-5-6-7-9-13(2)18-14(3)16-10-8-11-17(12-16)19-15(4)20/h8,10-14,18H,5-7,9H2,1-4H3,(H,19,20). The predicted octanol–water partition coefficient (Wildman–Crippen LogP) is 4.26. The van der Waals surface area contributed by atoms with E-state index in [0.717, 1.165) is 5.69 Å². The summed E-state index contributed by atoms with van der Waals surface area (Å²) in [5, 5.41) is 6.45. The highest BCUT2D eigenvalue weighted by Gasteiger charge is 2.10. The highest BCUT2D eigenvalue weighted by Crippen LogP contribution is 2.18. The summed E-state index contributed by atoms with van der Waals surface area (Å²) in [7, 11) is 0. The van der Waals surface area contributed by atoms with Crippen LogP contribution in [0, 0.1) is 0 Å². The van der Waals surface area contributed by atoms with E-state index in [1.807, 2.05) is 18.2 Å². The van der Waals surface area contributed by atoms with E-state index < -0.39 is 0 Å². The molecule has 2 atom stereocenters. The summed E-state index contributed by atoms with van der Waals surface area (Å²) in [4.78, 5) is 11.1. The molecule has 0 aliphatic carbocycles. The molecule has 0 aliphatic rings. The molecule has 0 aliphatic heterocycles. The topological polar surface area (TPSA) is 41.1 Å². The lowest BCUT2D eigenvalue weighted by atomic mass is 10.0. The van der Waals surface area contributed by atoms with Crippen LogP contribution in [0.3, 0.4) is 0 Å². The first-order valence-corrected chi connectivity index (χ1v) is 7.66. The predicted molar refractivity (Wildman–Crippen MR) is 85.9 cm³/mol. The van der Waals surface area contributed by atoms with Gasteiger partial charge in [-0.15, -0.1) is 0 Å². The lowest BCUT2D eigenvalue weighted by Crippen LogP contribution is -2.28. The molecule has 3 nitrogen and oxygen atoms in total. The van der Waals surface area contributed by atoms with Gasteiger partial charge in [0.25, 0.3) is 0 Å². The Morgan fingerprint density at radius 3 is 2.65 bits per heavy atom. The zero-order valence-corrected chi connectivity index (χ0v) is 13.2. The van der Waals surface area contributed by atoms with Crippen LogP contribution in [0.25, 0.3) is 0 Å². The second-order valence-electron chi connectivity index (χ2n) is 5.59. The average molecular weight is 276 g/mol. The first-order valence-electron chi connectivity index (χ1n) is 7.66. The third-order valence-electron chi connectivity index (χ3n) is 3.48. The van der Waals surface area contributed by atoms with Crippen LogP contribution in [0.5, 0.6) is 0 Å². The highest BCUT2D eigenvalue weighted by molar-refractivity contribution is 5.88. The van der Waals surface area contributed by atoms with Crippen LogP contribution in [0.4, 0.5) is 5.69 Å². The van der Waals surface area contributed by atoms with Crippen LogP contribution in [-0.2, 0) is 4.79 Å². The van der Waals surface area contributed by atoms with Gasteiger partial charge in [0.2, 0.25) is 5.91 Å². The molecule has 0 saturated heterocycles. The van der Waals surface area contributed by atoms with E-state index in [0.29, 0.717) is 12.1 Å². The molecule has 20 heavy (non-hydrogen) atoms. The van der Waals surface area contributed by atoms with E-state index in [1.54, 1.807) is 0 Å². The van der Waals surface area contributed by atoms with E-state index >= 15 is 0 Å². The molecule has 0 bridgehead atoms. The van der Waals surface area contributed by atoms with E-state index in [1.165, 1.54) is 38.2 Å². The van der Waals surface area contributed by atoms with Gasteiger partial charge in [-0.2, -0.15) is 0 Å². The zero-order valence-electron chi connectivity index (χ0n) is 13.2. The third kappa shape index (κ3) is 6.20. The summed E-state index contributed by atoms with van der Waals surface area (Å²) in [6.45, 7) is 8.17. The molecular weight excluding hydrogens is 248 g/mol. The van der Waals surface area contributed by atoms with Crippen molar-refractivity contribution < 1.29 is 4.79 Å². The molecule has 1 aromatic carbocycles. The molecule has 0 heterocycles. The molecule has 0 fully saturated rings. The molecule has 2 N–H and O–H groups in total. The fourth-order valence-corrected chi connectivity index (χ4v) is 2.40. The average Bonchev–Trinajstić information content (AvgIpc) is 2.38. The quantitative estimate of drug-likeness (QED) is 0.696. The van der Waals surface area contributed by atoms with Crippen LogP contribution >= 0.6 is 0 Å². The van der Waals surface area contributed by atoms with Crippen molar-refractivity contribution in [3.63, 3.8) is 0 Å². The number of carbonyl (C=O) groups excluding carboxylic acids is 1. The Morgan fingerprint density at radius 2 is 2.00 bits per heavy atom. The first kappa shape index (κ1) is 16.7. The maximum atomic E-state index is 11.1. The summed E-state index contributed by atoms with van der Waals surface area (Å²) in [5.74, 6) is -0.0318. The van der Waals surface area contributed by atoms with Crippen molar-refractivity contribution in [3.8, 4) is 0 Å². The van der Waals surface area contributed by atoms with Crippen LogP contribution in [0.2, 0.25) is 0 Å². The maximum absolute atomic E-state index is 11.1. The zero-order chi connectivity index (χ0) is 15.0. The van der Waals surface area contributed by atoms with Crippen molar-refractivity contribution in [1.29, 1.82) is 0 Å². The molecule has 0 saturated carbocycles. The van der Waals surface area contributed by atoms with Gasteiger partial charge < -0.3 is 10.6 Å². The second kappa shape index (κ2) is 8.75. The molecule has 2 unspecified atom stereocenters. The summed E-state index contributed by atoms with van der Waals surface area (Å²) in [6.07, 6.45) is 5.06. The van der Waals surface area contributed by atoms with Gasteiger partial charge in [0.1, 0.15) is 0 Å². The van der Waals surface area contributed by atoms with Crippen molar-refractivity contribution in [3.05, 3.63) is 29.8 Å². The Labute approximate surface area is 123 Å².